The Balaban J connectivity index is 0.000000240. The Morgan fingerprint density at radius 2 is 1.94 bits per heavy atom. The van der Waals surface area contributed by atoms with Crippen LogP contribution in [0.5, 0.6) is 0 Å². The smallest absolute Gasteiger partial charge is 0.407 e. The van der Waals surface area contributed by atoms with Crippen LogP contribution in [-0.4, -0.2) is 45.4 Å². The summed E-state index contributed by atoms with van der Waals surface area (Å²) in [6.45, 7) is 6.15. The van der Waals surface area contributed by atoms with Crippen molar-refractivity contribution in [1.29, 1.82) is 0 Å². The molecule has 4 rings (SSSR count). The van der Waals surface area contributed by atoms with E-state index >= 15 is 0 Å². The Kier molecular flexibility index (Phi) is 9.97. The zero-order valence-electron chi connectivity index (χ0n) is 20.1. The van der Waals surface area contributed by atoms with Crippen molar-refractivity contribution in [2.45, 2.75) is 96.4 Å². The Morgan fingerprint density at radius 1 is 1.27 bits per heavy atom. The topological polar surface area (TPSA) is 104 Å². The second kappa shape index (κ2) is 12.2. The van der Waals surface area contributed by atoms with Crippen LogP contribution in [0, 0.1) is 0 Å². The number of aromatic nitrogens is 3. The molecule has 2 aliphatic rings. The van der Waals surface area contributed by atoms with Gasteiger partial charge in [-0.2, -0.15) is 5.10 Å². The number of nitrogens with two attached hydrogens (primary N) is 1. The quantitative estimate of drug-likeness (QED) is 0.679. The first-order chi connectivity index (χ1) is 15.5. The molecule has 3 N–H and O–H groups in total. The van der Waals surface area contributed by atoms with Crippen LogP contribution in [-0.2, 0) is 22.6 Å². The Bertz CT molecular complexity index is 871. The maximum Gasteiger partial charge on any atom is 0.407 e. The summed E-state index contributed by atoms with van der Waals surface area (Å²) in [6, 6.07) is 1.87. The molecule has 2 saturated carbocycles. The van der Waals surface area contributed by atoms with Gasteiger partial charge in [-0.05, 0) is 58.1 Å². The van der Waals surface area contributed by atoms with E-state index in [0.29, 0.717) is 36.8 Å². The van der Waals surface area contributed by atoms with Gasteiger partial charge in [-0.25, -0.2) is 23.1 Å². The lowest BCUT2D eigenvalue weighted by molar-refractivity contribution is -0.0337. The highest BCUT2D eigenvalue weighted by atomic mass is 19.3. The number of imidazole rings is 1. The number of nitrogens with zero attached hydrogens (tertiary/aromatic N) is 3. The molecule has 0 radical (unpaired) electrons. The number of hydrogen-bond donors (Lipinski definition) is 2. The third-order valence-electron chi connectivity index (χ3n) is 4.92. The second-order valence-electron chi connectivity index (χ2n) is 9.31. The first kappa shape index (κ1) is 26.9. The first-order valence-electron chi connectivity index (χ1n) is 11.4. The van der Waals surface area contributed by atoms with E-state index < -0.39 is 17.6 Å². The molecule has 1 amide bonds. The van der Waals surface area contributed by atoms with Crippen LogP contribution in [0.3, 0.4) is 0 Å². The van der Waals surface area contributed by atoms with Crippen LogP contribution in [0.4, 0.5) is 13.6 Å². The van der Waals surface area contributed by atoms with Gasteiger partial charge in [0.05, 0.1) is 30.7 Å². The normalized spacial score (nSPS) is 17.3. The first-order valence-corrected chi connectivity index (χ1v) is 11.4. The highest BCUT2D eigenvalue weighted by Crippen LogP contribution is 2.32. The number of carbonyl (C=O) groups excluding carboxylic acids is 1. The van der Waals surface area contributed by atoms with E-state index in [9.17, 15) is 13.6 Å². The van der Waals surface area contributed by atoms with Crippen molar-refractivity contribution >= 4 is 11.7 Å². The minimum atomic E-state index is -2.32. The van der Waals surface area contributed by atoms with Gasteiger partial charge < -0.3 is 20.5 Å². The Hall–Kier alpha value is -2.33. The van der Waals surface area contributed by atoms with E-state index in [4.69, 9.17) is 15.2 Å². The molecule has 8 nitrogen and oxygen atoms in total. The molecular formula is C23H37F2N5O3. The number of rotatable bonds is 4. The van der Waals surface area contributed by atoms with Crippen molar-refractivity contribution in [2.24, 2.45) is 5.73 Å². The molecule has 2 aromatic rings. The van der Waals surface area contributed by atoms with Crippen molar-refractivity contribution in [3.8, 4) is 0 Å². The molecule has 0 aromatic carbocycles. The molecule has 2 fully saturated rings. The van der Waals surface area contributed by atoms with Gasteiger partial charge in [0.1, 0.15) is 5.60 Å². The standard InChI is InChI=1S/C13H19N5O2.C6H10F2.C4H8O/c1-13(2,3)20-12(19)15-7-10-8-18-11(17-10)4-9(5-14)6-16-18;7-6(8)4-2-1-3-5-6;1-5-4-2-3-4/h4,6,8H,5,7,14H2,1-3H3,(H,15,19);1-5H2;4H,2-3H2,1H3. The fourth-order valence-corrected chi connectivity index (χ4v) is 3.01. The summed E-state index contributed by atoms with van der Waals surface area (Å²) in [6.07, 6.45) is 8.86. The number of alkyl halides is 2. The van der Waals surface area contributed by atoms with Crippen molar-refractivity contribution in [3.05, 3.63) is 29.7 Å². The summed E-state index contributed by atoms with van der Waals surface area (Å²) >= 11 is 0. The second-order valence-corrected chi connectivity index (χ2v) is 9.31. The molecule has 2 aromatic heterocycles. The molecule has 0 atom stereocenters. The van der Waals surface area contributed by atoms with E-state index in [-0.39, 0.29) is 19.4 Å². The van der Waals surface area contributed by atoms with Crippen molar-refractivity contribution in [1.82, 2.24) is 19.9 Å². The van der Waals surface area contributed by atoms with Crippen molar-refractivity contribution in [2.75, 3.05) is 7.11 Å². The van der Waals surface area contributed by atoms with E-state index in [1.54, 1.807) is 24.0 Å². The van der Waals surface area contributed by atoms with E-state index in [1.165, 1.54) is 12.8 Å². The molecule has 0 bridgehead atoms. The maximum atomic E-state index is 12.2. The van der Waals surface area contributed by atoms with Gasteiger partial charge in [-0.3, -0.25) is 0 Å². The molecule has 186 valence electrons. The number of nitrogens with one attached hydrogen (secondary N) is 1. The minimum Gasteiger partial charge on any atom is -0.444 e. The summed E-state index contributed by atoms with van der Waals surface area (Å²) in [5.74, 6) is -2.32. The zero-order chi connectivity index (χ0) is 24.5. The average Bonchev–Trinajstić information content (AvgIpc) is 3.49. The monoisotopic (exact) mass is 469 g/mol. The van der Waals surface area contributed by atoms with Crippen LogP contribution in [0.15, 0.2) is 18.5 Å². The predicted octanol–water partition coefficient (Wildman–Crippen LogP) is 4.59. The molecule has 0 saturated heterocycles. The Morgan fingerprint density at radius 3 is 2.39 bits per heavy atom. The number of hydrogen-bond acceptors (Lipinski definition) is 6. The van der Waals surface area contributed by atoms with Gasteiger partial charge in [0, 0.05) is 26.5 Å². The highest BCUT2D eigenvalue weighted by molar-refractivity contribution is 5.67. The number of halogens is 2. The zero-order valence-corrected chi connectivity index (χ0v) is 20.1. The lowest BCUT2D eigenvalue weighted by Gasteiger charge is -2.20. The molecule has 0 aliphatic heterocycles. The van der Waals surface area contributed by atoms with Crippen LogP contribution >= 0.6 is 0 Å². The number of amides is 1. The van der Waals surface area contributed by atoms with Gasteiger partial charge in [-0.15, -0.1) is 0 Å². The predicted molar refractivity (Wildman–Crippen MR) is 122 cm³/mol. The summed E-state index contributed by atoms with van der Waals surface area (Å²) < 4.78 is 36.1. The third-order valence-corrected chi connectivity index (χ3v) is 4.92. The minimum absolute atomic E-state index is 0.118. The average molecular weight is 470 g/mol. The SMILES string of the molecule is CC(C)(C)OC(=O)NCc1cn2ncc(CN)cc2n1.COC1CC1.FC1(F)CCCCC1. The van der Waals surface area contributed by atoms with Gasteiger partial charge in [0.15, 0.2) is 5.65 Å². The van der Waals surface area contributed by atoms with Crippen LogP contribution < -0.4 is 11.1 Å². The molecule has 2 aliphatic carbocycles. The Labute approximate surface area is 194 Å². The number of methoxy groups -OCH3 is 1. The van der Waals surface area contributed by atoms with Crippen molar-refractivity contribution in [3.63, 3.8) is 0 Å². The number of alkyl carbamates (subject to hydrolysis) is 1. The molecule has 0 spiro atoms. The lowest BCUT2D eigenvalue weighted by Crippen LogP contribution is -2.32. The summed E-state index contributed by atoms with van der Waals surface area (Å²) in [5, 5.41) is 6.84. The van der Waals surface area contributed by atoms with Crippen LogP contribution in [0.2, 0.25) is 0 Å². The molecule has 33 heavy (non-hydrogen) atoms. The number of fused-ring (bicyclic) bond motifs is 1. The molecule has 0 unspecified atom stereocenters. The number of ether oxygens (including phenoxy) is 2. The summed E-state index contributed by atoms with van der Waals surface area (Å²) in [4.78, 5) is 15.9. The van der Waals surface area contributed by atoms with Crippen LogP contribution in [0.1, 0.15) is 77.0 Å². The highest BCUT2D eigenvalue weighted by Gasteiger charge is 2.30. The van der Waals surface area contributed by atoms with Gasteiger partial charge >= 0.3 is 6.09 Å². The third kappa shape index (κ3) is 10.9. The summed E-state index contributed by atoms with van der Waals surface area (Å²) in [5.41, 5.74) is 7.36. The molecular weight excluding hydrogens is 432 g/mol. The molecule has 10 heteroatoms. The van der Waals surface area contributed by atoms with Gasteiger partial charge in [-0.1, -0.05) is 6.42 Å². The number of carbonyl (C=O) groups is 1. The largest absolute Gasteiger partial charge is 0.444 e. The molecule has 2 heterocycles. The fraction of sp³-hybridized carbons (Fsp3) is 0.696. The maximum absolute atomic E-state index is 12.2. The fourth-order valence-electron chi connectivity index (χ4n) is 3.01. The summed E-state index contributed by atoms with van der Waals surface area (Å²) in [7, 11) is 1.76. The van der Waals surface area contributed by atoms with E-state index in [0.717, 1.165) is 12.0 Å². The lowest BCUT2D eigenvalue weighted by atomic mass is 9.97. The van der Waals surface area contributed by atoms with Crippen molar-refractivity contribution < 1.29 is 23.0 Å². The van der Waals surface area contributed by atoms with Gasteiger partial charge in [0.25, 0.3) is 0 Å². The van der Waals surface area contributed by atoms with E-state index in [1.807, 2.05) is 26.8 Å². The van der Waals surface area contributed by atoms with E-state index in [2.05, 4.69) is 15.4 Å². The van der Waals surface area contributed by atoms with Crippen LogP contribution in [0.25, 0.3) is 5.65 Å². The van der Waals surface area contributed by atoms with Gasteiger partial charge in [0.2, 0.25) is 5.92 Å².